The molecule has 41 heavy (non-hydrogen) atoms. The number of fused-ring (bicyclic) bond motifs is 1. The Balaban J connectivity index is 2.26. The van der Waals surface area contributed by atoms with Crippen LogP contribution in [-0.4, -0.2) is 60.3 Å². The molecule has 0 bridgehead atoms. The lowest BCUT2D eigenvalue weighted by atomic mass is 9.88. The molecular formula is C21H12F17NO2. The van der Waals surface area contributed by atoms with Crippen LogP contribution in [0.5, 0.6) is 0 Å². The molecule has 2 aromatic carbocycles. The predicted molar refractivity (Wildman–Crippen MR) is 104 cm³/mol. The van der Waals surface area contributed by atoms with E-state index in [1.54, 1.807) is 6.07 Å². The lowest BCUT2D eigenvalue weighted by Crippen LogP contribution is -2.74. The largest absolute Gasteiger partial charge is 0.460 e. The maximum atomic E-state index is 13.9. The lowest BCUT2D eigenvalue weighted by Gasteiger charge is -2.42. The molecule has 1 amide bonds. The summed E-state index contributed by atoms with van der Waals surface area (Å²) in [5.41, 5.74) is -0.0739. The highest BCUT2D eigenvalue weighted by Crippen LogP contribution is 2.64. The maximum absolute atomic E-state index is 13.9. The summed E-state index contributed by atoms with van der Waals surface area (Å²) in [4.78, 5) is 11.8. The van der Waals surface area contributed by atoms with Crippen LogP contribution in [-0.2, 0) is 4.74 Å². The Morgan fingerprint density at radius 1 is 0.585 bits per heavy atom. The van der Waals surface area contributed by atoms with Gasteiger partial charge in [-0.25, -0.2) is 4.79 Å². The smallest absolute Gasteiger partial charge is 0.449 e. The highest BCUT2D eigenvalue weighted by Gasteiger charge is 2.95. The van der Waals surface area contributed by atoms with Gasteiger partial charge in [0.05, 0.1) is 18.7 Å². The standard InChI is InChI=1S/C21H12F17NO2/c22-14(23,8-9-41-13(40)39-12-7-3-5-10-4-1-2-6-11(10)12)15(24,25)16(26,27)17(28,29)18(30,31)19(32,33)20(34,35)21(36,37)38/h1-7H,8-9H2,(H,39,40). The monoisotopic (exact) mass is 633 g/mol. The quantitative estimate of drug-likeness (QED) is 0.266. The summed E-state index contributed by atoms with van der Waals surface area (Å²) in [6, 6.07) is 10.1. The Morgan fingerprint density at radius 2 is 1.02 bits per heavy atom. The van der Waals surface area contributed by atoms with Crippen LogP contribution in [0.15, 0.2) is 42.5 Å². The minimum atomic E-state index is -8.70. The summed E-state index contributed by atoms with van der Waals surface area (Å²) in [5, 5.41) is 2.72. The number of carbonyl (C=O) groups excluding carboxylic acids is 1. The van der Waals surface area contributed by atoms with Crippen LogP contribution in [0, 0.1) is 0 Å². The third kappa shape index (κ3) is 5.28. The summed E-state index contributed by atoms with van der Waals surface area (Å²) in [5.74, 6) is -57.0. The molecule has 3 nitrogen and oxygen atoms in total. The number of carbonyl (C=O) groups is 1. The minimum Gasteiger partial charge on any atom is -0.449 e. The van der Waals surface area contributed by atoms with Crippen molar-refractivity contribution in [3.8, 4) is 0 Å². The molecule has 0 fully saturated rings. The predicted octanol–water partition coefficient (Wildman–Crippen LogP) is 8.79. The number of nitrogens with one attached hydrogen (secondary N) is 1. The molecule has 0 aliphatic rings. The molecule has 0 aromatic heterocycles. The Bertz CT molecular complexity index is 1250. The zero-order chi connectivity index (χ0) is 32.1. The van der Waals surface area contributed by atoms with Crippen molar-refractivity contribution < 1.29 is 84.2 Å². The van der Waals surface area contributed by atoms with Crippen molar-refractivity contribution in [1.29, 1.82) is 0 Å². The van der Waals surface area contributed by atoms with E-state index in [0.717, 1.165) is 0 Å². The number of halogens is 17. The molecule has 0 heterocycles. The average molecular weight is 633 g/mol. The Hall–Kier alpha value is -3.22. The summed E-state index contributed by atoms with van der Waals surface area (Å²) < 4.78 is 230. The van der Waals surface area contributed by atoms with Gasteiger partial charge in [0.2, 0.25) is 0 Å². The summed E-state index contributed by atoms with van der Waals surface area (Å²) in [6.45, 7) is -2.04. The van der Waals surface area contributed by atoms with Gasteiger partial charge in [-0.2, -0.15) is 74.6 Å². The third-order valence-corrected chi connectivity index (χ3v) is 5.46. The zero-order valence-corrected chi connectivity index (χ0v) is 19.2. The third-order valence-electron chi connectivity index (χ3n) is 5.46. The van der Waals surface area contributed by atoms with E-state index >= 15 is 0 Å². The fourth-order valence-corrected chi connectivity index (χ4v) is 3.11. The molecule has 0 radical (unpaired) electrons. The second kappa shape index (κ2) is 10.2. The van der Waals surface area contributed by atoms with Crippen molar-refractivity contribution >= 4 is 22.6 Å². The maximum Gasteiger partial charge on any atom is 0.460 e. The van der Waals surface area contributed by atoms with Gasteiger partial charge in [-0.3, -0.25) is 5.32 Å². The molecule has 0 saturated heterocycles. The van der Waals surface area contributed by atoms with E-state index in [-0.39, 0.29) is 5.69 Å². The van der Waals surface area contributed by atoms with Crippen molar-refractivity contribution in [2.45, 2.75) is 54.1 Å². The second-order valence-electron chi connectivity index (χ2n) is 8.19. The van der Waals surface area contributed by atoms with E-state index in [1.165, 1.54) is 36.4 Å². The van der Waals surface area contributed by atoms with Gasteiger partial charge >= 0.3 is 53.7 Å². The molecule has 2 rings (SSSR count). The van der Waals surface area contributed by atoms with Crippen molar-refractivity contribution in [3.05, 3.63) is 42.5 Å². The number of rotatable bonds is 10. The molecule has 2 aromatic rings. The fourth-order valence-electron chi connectivity index (χ4n) is 3.11. The summed E-state index contributed by atoms with van der Waals surface area (Å²) in [6.07, 6.45) is -12.4. The molecule has 0 atom stereocenters. The average Bonchev–Trinajstić information content (AvgIpc) is 2.82. The molecule has 232 valence electrons. The van der Waals surface area contributed by atoms with Gasteiger partial charge in [-0.05, 0) is 11.5 Å². The SMILES string of the molecule is O=C(Nc1cccc2ccccc12)OCCC(F)(F)C(F)(F)C(F)(F)C(F)(F)C(F)(F)C(F)(F)C(F)(F)C(F)(F)F. The van der Waals surface area contributed by atoms with Crippen LogP contribution in [0.3, 0.4) is 0 Å². The minimum absolute atomic E-state index is 0.0739. The number of anilines is 1. The topological polar surface area (TPSA) is 38.3 Å². The first-order chi connectivity index (χ1) is 18.2. The van der Waals surface area contributed by atoms with E-state index in [0.29, 0.717) is 10.8 Å². The van der Waals surface area contributed by atoms with E-state index in [4.69, 9.17) is 0 Å². The first kappa shape index (κ1) is 34.0. The van der Waals surface area contributed by atoms with Crippen molar-refractivity contribution in [2.24, 2.45) is 0 Å². The molecule has 0 aliphatic carbocycles. The zero-order valence-electron chi connectivity index (χ0n) is 19.2. The lowest BCUT2D eigenvalue weighted by molar-refractivity contribution is -0.461. The highest BCUT2D eigenvalue weighted by molar-refractivity contribution is 6.00. The molecule has 20 heteroatoms. The fraction of sp³-hybridized carbons (Fsp3) is 0.476. The van der Waals surface area contributed by atoms with Gasteiger partial charge in [0.1, 0.15) is 0 Å². The number of ether oxygens (including phenoxy) is 1. The van der Waals surface area contributed by atoms with Gasteiger partial charge in [0, 0.05) is 5.39 Å². The second-order valence-corrected chi connectivity index (χ2v) is 8.19. The number of hydrogen-bond acceptors (Lipinski definition) is 2. The van der Waals surface area contributed by atoms with Crippen LogP contribution in [0.1, 0.15) is 6.42 Å². The number of benzene rings is 2. The molecule has 0 aliphatic heterocycles. The molecule has 0 saturated carbocycles. The van der Waals surface area contributed by atoms with E-state index in [1.807, 2.05) is 5.32 Å². The van der Waals surface area contributed by atoms with E-state index in [2.05, 4.69) is 4.74 Å². The molecular weight excluding hydrogens is 621 g/mol. The van der Waals surface area contributed by atoms with Crippen molar-refractivity contribution in [3.63, 3.8) is 0 Å². The molecule has 0 spiro atoms. The van der Waals surface area contributed by atoms with Crippen LogP contribution in [0.4, 0.5) is 85.1 Å². The van der Waals surface area contributed by atoms with Crippen molar-refractivity contribution in [2.75, 3.05) is 11.9 Å². The molecule has 0 unspecified atom stereocenters. The van der Waals surface area contributed by atoms with Crippen molar-refractivity contribution in [1.82, 2.24) is 0 Å². The first-order valence-electron chi connectivity index (χ1n) is 10.3. The van der Waals surface area contributed by atoms with Crippen LogP contribution in [0.2, 0.25) is 0 Å². The van der Waals surface area contributed by atoms with Gasteiger partial charge in [-0.1, -0.05) is 36.4 Å². The van der Waals surface area contributed by atoms with Crippen LogP contribution < -0.4 is 5.32 Å². The van der Waals surface area contributed by atoms with Crippen LogP contribution >= 0.6 is 0 Å². The Kier molecular flexibility index (Phi) is 8.50. The number of amides is 1. The Labute approximate surface area is 216 Å². The summed E-state index contributed by atoms with van der Waals surface area (Å²) in [7, 11) is 0. The van der Waals surface area contributed by atoms with Gasteiger partial charge in [0.25, 0.3) is 0 Å². The van der Waals surface area contributed by atoms with Gasteiger partial charge < -0.3 is 4.74 Å². The summed E-state index contributed by atoms with van der Waals surface area (Å²) >= 11 is 0. The normalized spacial score (nSPS) is 14.8. The number of hydrogen-bond donors (Lipinski definition) is 1. The molecule has 1 N–H and O–H groups in total. The first-order valence-corrected chi connectivity index (χ1v) is 10.3. The highest BCUT2D eigenvalue weighted by atomic mass is 19.4. The van der Waals surface area contributed by atoms with Crippen LogP contribution in [0.25, 0.3) is 10.8 Å². The van der Waals surface area contributed by atoms with Gasteiger partial charge in [0.15, 0.2) is 0 Å². The van der Waals surface area contributed by atoms with Gasteiger partial charge in [-0.15, -0.1) is 0 Å². The van der Waals surface area contributed by atoms with E-state index in [9.17, 15) is 79.4 Å². The van der Waals surface area contributed by atoms with E-state index < -0.39 is 66.8 Å². The Morgan fingerprint density at radius 3 is 1.54 bits per heavy atom. The number of alkyl halides is 17.